The van der Waals surface area contributed by atoms with Crippen molar-refractivity contribution >= 4 is 11.8 Å². The molecule has 2 amide bonds. The summed E-state index contributed by atoms with van der Waals surface area (Å²) in [6.45, 7) is 3.19. The summed E-state index contributed by atoms with van der Waals surface area (Å²) in [4.78, 5) is 25.5. The number of fused-ring (bicyclic) bond motifs is 1. The molecule has 3 aliphatic rings. The molecular weight excluding hydrogens is 407 g/mol. The molecule has 3 fully saturated rings. The van der Waals surface area contributed by atoms with Gasteiger partial charge in [-0.1, -0.05) is 18.9 Å². The molecule has 3 unspecified atom stereocenters. The highest BCUT2D eigenvalue weighted by Crippen LogP contribution is 2.43. The van der Waals surface area contributed by atoms with E-state index in [1.165, 1.54) is 32.3 Å². The molecule has 5 nitrogen and oxygen atoms in total. The van der Waals surface area contributed by atoms with Crippen LogP contribution in [0.25, 0.3) is 0 Å². The Morgan fingerprint density at radius 2 is 1.74 bits per heavy atom. The minimum atomic E-state index is -4.07. The summed E-state index contributed by atoms with van der Waals surface area (Å²) in [6.07, 6.45) is 6.56. The van der Waals surface area contributed by atoms with Gasteiger partial charge in [0.25, 0.3) is 0 Å². The molecule has 2 aliphatic carbocycles. The molecule has 1 aliphatic heterocycles. The molecule has 31 heavy (non-hydrogen) atoms. The first-order valence-corrected chi connectivity index (χ1v) is 11.7. The molecule has 0 aromatic rings. The third-order valence-corrected chi connectivity index (χ3v) is 7.33. The van der Waals surface area contributed by atoms with Gasteiger partial charge in [-0.3, -0.25) is 14.5 Å². The number of carbonyl (C=O) groups excluding carboxylic acids is 2. The Hall–Kier alpha value is -1.57. The van der Waals surface area contributed by atoms with Crippen molar-refractivity contribution in [3.63, 3.8) is 0 Å². The number of likely N-dealkylation sites (tertiary alicyclic amines) is 1. The molecule has 3 rings (SSSR count). The highest BCUT2D eigenvalue weighted by Gasteiger charge is 2.45. The minimum Gasteiger partial charge on any atom is -0.353 e. The van der Waals surface area contributed by atoms with Gasteiger partial charge in [-0.25, -0.2) is 0 Å². The molecule has 8 heteroatoms. The predicted molar refractivity (Wildman–Crippen MR) is 113 cm³/mol. The second-order valence-corrected chi connectivity index (χ2v) is 9.54. The Balaban J connectivity index is 1.54. The van der Waals surface area contributed by atoms with E-state index in [0.29, 0.717) is 43.8 Å². The molecule has 0 bridgehead atoms. The number of nitrogens with one attached hydrogen (secondary N) is 2. The molecule has 1 heterocycles. The molecular formula is C23H36F3N3O2. The van der Waals surface area contributed by atoms with Gasteiger partial charge in [-0.15, -0.1) is 0 Å². The van der Waals surface area contributed by atoms with E-state index < -0.39 is 12.1 Å². The van der Waals surface area contributed by atoms with Crippen molar-refractivity contribution in [3.05, 3.63) is 12.2 Å². The van der Waals surface area contributed by atoms with Crippen LogP contribution in [0.15, 0.2) is 12.2 Å². The smallest absolute Gasteiger partial charge is 0.353 e. The lowest BCUT2D eigenvalue weighted by atomic mass is 9.73. The number of carbonyl (C=O) groups is 2. The summed E-state index contributed by atoms with van der Waals surface area (Å²) < 4.78 is 39.3. The van der Waals surface area contributed by atoms with Crippen LogP contribution in [0.5, 0.6) is 0 Å². The molecule has 0 radical (unpaired) electrons. The number of hydrogen-bond donors (Lipinski definition) is 2. The second kappa shape index (κ2) is 10.8. The molecule has 176 valence electrons. The third-order valence-electron chi connectivity index (χ3n) is 7.33. The first-order valence-electron chi connectivity index (χ1n) is 11.7. The molecule has 2 saturated carbocycles. The maximum Gasteiger partial charge on any atom is 0.391 e. The number of piperidine rings is 1. The zero-order chi connectivity index (χ0) is 22.4. The van der Waals surface area contributed by atoms with Crippen LogP contribution in [-0.4, -0.2) is 54.6 Å². The van der Waals surface area contributed by atoms with Crippen molar-refractivity contribution in [1.82, 2.24) is 15.5 Å². The second-order valence-electron chi connectivity index (χ2n) is 9.54. The standard InChI is InChI=1S/C23H36F3N3O2/c1-16(30)27-12-4-7-22(31)28-14-17-13-18-5-2-3-6-21(18)29(15-17)20-10-8-19(9-11-20)23(24,25)26/h4,7,17-21H,2-3,5-6,8-15H2,1H3,(H,27,30)(H,28,31)/b7-4+. The molecule has 0 aromatic heterocycles. The van der Waals surface area contributed by atoms with Crippen molar-refractivity contribution in [2.24, 2.45) is 17.8 Å². The topological polar surface area (TPSA) is 61.4 Å². The van der Waals surface area contributed by atoms with Crippen LogP contribution in [0.2, 0.25) is 0 Å². The Labute approximate surface area is 183 Å². The monoisotopic (exact) mass is 443 g/mol. The summed E-state index contributed by atoms with van der Waals surface area (Å²) in [5.41, 5.74) is 0. The summed E-state index contributed by atoms with van der Waals surface area (Å²) in [7, 11) is 0. The van der Waals surface area contributed by atoms with Crippen molar-refractivity contribution < 1.29 is 22.8 Å². The number of alkyl halides is 3. The molecule has 1 saturated heterocycles. The molecule has 2 N–H and O–H groups in total. The molecule has 0 aromatic carbocycles. The first-order chi connectivity index (χ1) is 14.7. The van der Waals surface area contributed by atoms with Crippen LogP contribution < -0.4 is 10.6 Å². The number of hydrogen-bond acceptors (Lipinski definition) is 3. The number of rotatable bonds is 6. The van der Waals surface area contributed by atoms with Crippen LogP contribution >= 0.6 is 0 Å². The third kappa shape index (κ3) is 6.96. The number of amides is 2. The predicted octanol–water partition coefficient (Wildman–Crippen LogP) is 3.80. The van der Waals surface area contributed by atoms with Crippen LogP contribution in [0, 0.1) is 17.8 Å². The average Bonchev–Trinajstić information content (AvgIpc) is 2.74. The van der Waals surface area contributed by atoms with E-state index in [9.17, 15) is 22.8 Å². The normalized spacial score (nSPS) is 32.5. The highest BCUT2D eigenvalue weighted by atomic mass is 19.4. The molecule has 0 spiro atoms. The van der Waals surface area contributed by atoms with E-state index in [1.807, 2.05) is 0 Å². The van der Waals surface area contributed by atoms with E-state index in [4.69, 9.17) is 0 Å². The quantitative estimate of drug-likeness (QED) is 0.614. The van der Waals surface area contributed by atoms with Gasteiger partial charge in [0.15, 0.2) is 0 Å². The zero-order valence-corrected chi connectivity index (χ0v) is 18.4. The summed E-state index contributed by atoms with van der Waals surface area (Å²) in [5.74, 6) is -0.547. The van der Waals surface area contributed by atoms with Gasteiger partial charge < -0.3 is 10.6 Å². The number of nitrogens with zero attached hydrogens (tertiary/aromatic N) is 1. The van der Waals surface area contributed by atoms with Gasteiger partial charge in [-0.2, -0.15) is 13.2 Å². The van der Waals surface area contributed by atoms with Crippen LogP contribution in [0.1, 0.15) is 64.7 Å². The van der Waals surface area contributed by atoms with Gasteiger partial charge in [0.2, 0.25) is 11.8 Å². The Kier molecular flexibility index (Phi) is 8.42. The van der Waals surface area contributed by atoms with Crippen LogP contribution in [0.4, 0.5) is 13.2 Å². The lowest BCUT2D eigenvalue weighted by Crippen LogP contribution is -2.56. The maximum absolute atomic E-state index is 13.1. The van der Waals surface area contributed by atoms with E-state index in [0.717, 1.165) is 19.4 Å². The lowest BCUT2D eigenvalue weighted by molar-refractivity contribution is -0.185. The fraction of sp³-hybridized carbons (Fsp3) is 0.826. The lowest BCUT2D eigenvalue weighted by Gasteiger charge is -2.51. The van der Waals surface area contributed by atoms with Crippen LogP contribution in [-0.2, 0) is 9.59 Å². The van der Waals surface area contributed by atoms with E-state index in [1.54, 1.807) is 6.08 Å². The first kappa shape index (κ1) is 24.1. The van der Waals surface area contributed by atoms with Gasteiger partial charge in [-0.05, 0) is 56.8 Å². The van der Waals surface area contributed by atoms with E-state index in [2.05, 4.69) is 15.5 Å². The Morgan fingerprint density at radius 3 is 2.42 bits per heavy atom. The zero-order valence-electron chi connectivity index (χ0n) is 18.4. The highest BCUT2D eigenvalue weighted by molar-refractivity contribution is 5.87. The van der Waals surface area contributed by atoms with E-state index in [-0.39, 0.29) is 30.7 Å². The van der Waals surface area contributed by atoms with Crippen LogP contribution in [0.3, 0.4) is 0 Å². The fourth-order valence-corrected chi connectivity index (χ4v) is 5.81. The van der Waals surface area contributed by atoms with Gasteiger partial charge in [0, 0.05) is 44.7 Å². The van der Waals surface area contributed by atoms with Gasteiger partial charge in [0.05, 0.1) is 5.92 Å². The van der Waals surface area contributed by atoms with Crippen molar-refractivity contribution in [2.45, 2.75) is 83.0 Å². The van der Waals surface area contributed by atoms with Gasteiger partial charge >= 0.3 is 6.18 Å². The number of halogens is 3. The van der Waals surface area contributed by atoms with Crippen molar-refractivity contribution in [3.8, 4) is 0 Å². The summed E-state index contributed by atoms with van der Waals surface area (Å²) in [6, 6.07) is 0.728. The maximum atomic E-state index is 13.1. The van der Waals surface area contributed by atoms with E-state index >= 15 is 0 Å². The largest absolute Gasteiger partial charge is 0.391 e. The Morgan fingerprint density at radius 1 is 1.03 bits per heavy atom. The summed E-state index contributed by atoms with van der Waals surface area (Å²) >= 11 is 0. The van der Waals surface area contributed by atoms with Gasteiger partial charge in [0.1, 0.15) is 0 Å². The fourth-order valence-electron chi connectivity index (χ4n) is 5.81. The Bertz CT molecular complexity index is 644. The van der Waals surface area contributed by atoms with Crippen molar-refractivity contribution in [2.75, 3.05) is 19.6 Å². The summed E-state index contributed by atoms with van der Waals surface area (Å²) in [5, 5.41) is 5.58. The average molecular weight is 444 g/mol. The SMILES string of the molecule is CC(=O)NC/C=C/C(=O)NCC1CC2CCCCC2N(C2CCC(C(F)(F)F)CC2)C1. The minimum absolute atomic E-state index is 0.140. The van der Waals surface area contributed by atoms with Crippen molar-refractivity contribution in [1.29, 1.82) is 0 Å². The molecule has 3 atom stereocenters.